The van der Waals surface area contributed by atoms with Gasteiger partial charge in [0.05, 0.1) is 13.6 Å². The Labute approximate surface area is 203 Å². The maximum Gasteiger partial charge on any atom is 0.166 e. The molecular formula is C27H33N5O2. The number of rotatable bonds is 5. The van der Waals surface area contributed by atoms with Crippen molar-refractivity contribution in [2.45, 2.75) is 51.3 Å². The molecule has 3 heterocycles. The molecule has 4 rings (SSSR count). The molecule has 1 saturated heterocycles. The Morgan fingerprint density at radius 2 is 2.00 bits per heavy atom. The van der Waals surface area contributed by atoms with Gasteiger partial charge in [-0.3, -0.25) is 4.68 Å². The molecule has 1 aliphatic heterocycles. The number of nitrogens with zero attached hydrogens (tertiary/aromatic N) is 4. The van der Waals surface area contributed by atoms with Gasteiger partial charge in [-0.2, -0.15) is 5.10 Å². The Bertz CT molecular complexity index is 1240. The Hall–Kier alpha value is -3.34. The third kappa shape index (κ3) is 5.96. The molecule has 34 heavy (non-hydrogen) atoms. The summed E-state index contributed by atoms with van der Waals surface area (Å²) < 4.78 is 17.0. The van der Waals surface area contributed by atoms with Crippen molar-refractivity contribution in [2.75, 3.05) is 25.9 Å². The summed E-state index contributed by atoms with van der Waals surface area (Å²) in [6, 6.07) is 9.43. The zero-order valence-electron chi connectivity index (χ0n) is 21.2. The smallest absolute Gasteiger partial charge is 0.166 e. The van der Waals surface area contributed by atoms with Crippen molar-refractivity contribution in [3.05, 3.63) is 60.0 Å². The Kier molecular flexibility index (Phi) is 6.52. The monoisotopic (exact) mass is 460 g/mol. The van der Waals surface area contributed by atoms with Gasteiger partial charge in [-0.25, -0.2) is 4.98 Å². The van der Waals surface area contributed by atoms with Crippen LogP contribution in [0.15, 0.2) is 48.9 Å². The van der Waals surface area contributed by atoms with Gasteiger partial charge < -0.3 is 20.5 Å². The number of pyridine rings is 1. The summed E-state index contributed by atoms with van der Waals surface area (Å²) in [5, 5.41) is 14.5. The highest BCUT2D eigenvalue weighted by Gasteiger charge is 2.20. The summed E-state index contributed by atoms with van der Waals surface area (Å²) in [7, 11) is 2.14. The fourth-order valence-corrected chi connectivity index (χ4v) is 3.91. The van der Waals surface area contributed by atoms with E-state index in [0.717, 1.165) is 37.1 Å². The quantitative estimate of drug-likeness (QED) is 0.558. The lowest BCUT2D eigenvalue weighted by molar-refractivity contribution is 0.143. The highest BCUT2D eigenvalue weighted by atomic mass is 16.5. The van der Waals surface area contributed by atoms with E-state index in [1.807, 2.05) is 35.3 Å². The van der Waals surface area contributed by atoms with Crippen LogP contribution in [0.1, 0.15) is 58.2 Å². The zero-order valence-corrected chi connectivity index (χ0v) is 20.2. The van der Waals surface area contributed by atoms with E-state index in [2.05, 4.69) is 33.9 Å². The molecule has 3 N–H and O–H groups in total. The number of piperidine rings is 1. The van der Waals surface area contributed by atoms with Gasteiger partial charge in [0.25, 0.3) is 0 Å². The summed E-state index contributed by atoms with van der Waals surface area (Å²) in [5.74, 6) is 6.29. The summed E-state index contributed by atoms with van der Waals surface area (Å²) in [4.78, 5) is 6.65. The SMILES string of the molecule is [2H]C(C)(Oc1cc(-c2cnn(C3CCN(C)CC3)c2)cnc1N)c1cccc(C#CC(C)(C)O)c1. The van der Waals surface area contributed by atoms with E-state index in [9.17, 15) is 5.11 Å². The molecule has 1 atom stereocenters. The Morgan fingerprint density at radius 3 is 2.74 bits per heavy atom. The molecular weight excluding hydrogens is 426 g/mol. The lowest BCUT2D eigenvalue weighted by atomic mass is 10.1. The third-order valence-electron chi connectivity index (χ3n) is 5.92. The first kappa shape index (κ1) is 22.5. The van der Waals surface area contributed by atoms with Crippen LogP contribution in [-0.2, 0) is 0 Å². The number of benzene rings is 1. The number of ether oxygens (including phenoxy) is 1. The molecule has 0 aliphatic carbocycles. The minimum Gasteiger partial charge on any atom is -0.482 e. The Morgan fingerprint density at radius 1 is 1.24 bits per heavy atom. The van der Waals surface area contributed by atoms with Crippen LogP contribution in [0.5, 0.6) is 5.75 Å². The van der Waals surface area contributed by atoms with Crippen molar-refractivity contribution in [3.63, 3.8) is 0 Å². The number of nitrogen functional groups attached to an aromatic ring is 1. The van der Waals surface area contributed by atoms with Gasteiger partial charge in [-0.15, -0.1) is 0 Å². The van der Waals surface area contributed by atoms with Gasteiger partial charge in [0, 0.05) is 29.1 Å². The summed E-state index contributed by atoms with van der Waals surface area (Å²) in [6.07, 6.45) is 6.29. The lowest BCUT2D eigenvalue weighted by Crippen LogP contribution is -2.31. The largest absolute Gasteiger partial charge is 0.482 e. The van der Waals surface area contributed by atoms with Gasteiger partial charge >= 0.3 is 0 Å². The van der Waals surface area contributed by atoms with Crippen molar-refractivity contribution in [1.29, 1.82) is 0 Å². The first-order valence-corrected chi connectivity index (χ1v) is 11.5. The molecule has 7 heteroatoms. The molecule has 0 spiro atoms. The second-order valence-corrected chi connectivity index (χ2v) is 9.40. The second kappa shape index (κ2) is 9.88. The standard InChI is InChI=1S/C27H33N5O2/c1-19(21-7-5-6-20(14-21)8-11-27(2,3)33)34-25-15-22(16-29-26(25)28)23-17-30-32(18-23)24-9-12-31(4)13-10-24/h5-7,14-19,24,33H,9-10,12-13H2,1-4H3,(H2,28,29)/i19D. The van der Waals surface area contributed by atoms with E-state index in [0.29, 0.717) is 22.9 Å². The van der Waals surface area contributed by atoms with E-state index in [1.165, 1.54) is 0 Å². The van der Waals surface area contributed by atoms with Crippen LogP contribution in [0, 0.1) is 11.8 Å². The molecule has 7 nitrogen and oxygen atoms in total. The van der Waals surface area contributed by atoms with Crippen molar-refractivity contribution in [3.8, 4) is 28.7 Å². The molecule has 2 aromatic heterocycles. The Balaban J connectivity index is 1.55. The van der Waals surface area contributed by atoms with E-state index in [1.54, 1.807) is 39.1 Å². The van der Waals surface area contributed by atoms with Gasteiger partial charge in [0.1, 0.15) is 11.7 Å². The van der Waals surface area contributed by atoms with Crippen LogP contribution < -0.4 is 10.5 Å². The van der Waals surface area contributed by atoms with Gasteiger partial charge in [0.15, 0.2) is 11.6 Å². The van der Waals surface area contributed by atoms with E-state index in [-0.39, 0.29) is 5.82 Å². The maximum absolute atomic E-state index is 9.88. The van der Waals surface area contributed by atoms with Crippen LogP contribution in [0.4, 0.5) is 5.82 Å². The van der Waals surface area contributed by atoms with Crippen LogP contribution in [0.3, 0.4) is 0 Å². The van der Waals surface area contributed by atoms with Crippen molar-refractivity contribution in [2.24, 2.45) is 0 Å². The minimum atomic E-state index is -1.43. The van der Waals surface area contributed by atoms with Gasteiger partial charge in [-0.05, 0) is 77.5 Å². The number of nitrogens with two attached hydrogens (primary N) is 1. The molecule has 0 saturated carbocycles. The highest BCUT2D eigenvalue weighted by Crippen LogP contribution is 2.31. The van der Waals surface area contributed by atoms with Crippen molar-refractivity contribution in [1.82, 2.24) is 19.7 Å². The molecule has 3 aromatic rings. The van der Waals surface area contributed by atoms with Crippen LogP contribution >= 0.6 is 0 Å². The van der Waals surface area contributed by atoms with E-state index < -0.39 is 11.7 Å². The third-order valence-corrected chi connectivity index (χ3v) is 5.92. The number of hydrogen-bond acceptors (Lipinski definition) is 6. The number of aliphatic hydroxyl groups is 1. The first-order chi connectivity index (χ1) is 16.5. The summed E-state index contributed by atoms with van der Waals surface area (Å²) >= 11 is 0. The molecule has 1 fully saturated rings. The van der Waals surface area contributed by atoms with Crippen LogP contribution in [0.2, 0.25) is 0 Å². The average molecular weight is 461 g/mol. The number of anilines is 1. The summed E-state index contributed by atoms with van der Waals surface area (Å²) in [6.45, 7) is 7.03. The zero-order chi connectivity index (χ0) is 25.2. The first-order valence-electron chi connectivity index (χ1n) is 12.0. The molecule has 0 amide bonds. The summed E-state index contributed by atoms with van der Waals surface area (Å²) in [5.41, 5.74) is 8.07. The fraction of sp³-hybridized carbons (Fsp3) is 0.407. The molecule has 1 aliphatic rings. The maximum atomic E-state index is 9.88. The molecule has 1 unspecified atom stereocenters. The number of hydrogen-bond donors (Lipinski definition) is 2. The predicted octanol–water partition coefficient (Wildman–Crippen LogP) is 4.06. The molecule has 178 valence electrons. The van der Waals surface area contributed by atoms with Crippen molar-refractivity contribution >= 4 is 5.82 Å². The molecule has 0 bridgehead atoms. The van der Waals surface area contributed by atoms with Gasteiger partial charge in [0.2, 0.25) is 0 Å². The van der Waals surface area contributed by atoms with E-state index in [4.69, 9.17) is 11.8 Å². The topological polar surface area (TPSA) is 89.4 Å². The molecule has 0 radical (unpaired) electrons. The number of likely N-dealkylation sites (tertiary alicyclic amines) is 1. The number of aromatic nitrogens is 3. The average Bonchev–Trinajstić information content (AvgIpc) is 3.30. The fourth-order valence-electron chi connectivity index (χ4n) is 3.91. The lowest BCUT2D eigenvalue weighted by Gasteiger charge is -2.28. The highest BCUT2D eigenvalue weighted by molar-refractivity contribution is 5.65. The molecule has 1 aromatic carbocycles. The predicted molar refractivity (Wildman–Crippen MR) is 134 cm³/mol. The van der Waals surface area contributed by atoms with Crippen LogP contribution in [0.25, 0.3) is 11.1 Å². The normalized spacial score (nSPS) is 17.4. The van der Waals surface area contributed by atoms with E-state index >= 15 is 0 Å². The van der Waals surface area contributed by atoms with Crippen LogP contribution in [-0.4, -0.2) is 50.5 Å². The second-order valence-electron chi connectivity index (χ2n) is 9.40. The van der Waals surface area contributed by atoms with Crippen molar-refractivity contribution < 1.29 is 11.2 Å². The van der Waals surface area contributed by atoms with Gasteiger partial charge in [-0.1, -0.05) is 24.0 Å². The minimum absolute atomic E-state index is 0.216.